The Balaban J connectivity index is 1.60. The molecule has 0 aliphatic carbocycles. The number of aromatic nitrogens is 2. The van der Waals surface area contributed by atoms with Crippen LogP contribution in [0.5, 0.6) is 0 Å². The molecule has 0 bridgehead atoms. The van der Waals surface area contributed by atoms with Gasteiger partial charge in [0.2, 0.25) is 0 Å². The quantitative estimate of drug-likeness (QED) is 0.853. The number of hydrogen-bond donors (Lipinski definition) is 0. The molecule has 1 spiro atoms. The molecule has 0 radical (unpaired) electrons. The smallest absolute Gasteiger partial charge is 0.274 e. The molecule has 1 aromatic heterocycles. The monoisotopic (exact) mass is 307 g/mol. The molecule has 6 heteroatoms. The van der Waals surface area contributed by atoms with E-state index in [4.69, 9.17) is 9.47 Å². The Morgan fingerprint density at radius 2 is 2.27 bits per heavy atom. The van der Waals surface area contributed by atoms with E-state index in [1.165, 1.54) is 0 Å². The first-order valence-electron chi connectivity index (χ1n) is 8.15. The Morgan fingerprint density at radius 1 is 1.50 bits per heavy atom. The number of methoxy groups -OCH3 is 1. The van der Waals surface area contributed by atoms with E-state index in [2.05, 4.69) is 5.10 Å². The summed E-state index contributed by atoms with van der Waals surface area (Å²) in [6.45, 7) is 5.01. The Labute approximate surface area is 131 Å². The van der Waals surface area contributed by atoms with Crippen LogP contribution in [-0.2, 0) is 16.0 Å². The number of likely N-dealkylation sites (tertiary alicyclic amines) is 1. The first-order chi connectivity index (χ1) is 10.7. The van der Waals surface area contributed by atoms with Crippen LogP contribution in [0.1, 0.15) is 43.1 Å². The topological polar surface area (TPSA) is 56.6 Å². The predicted molar refractivity (Wildman–Crippen MR) is 81.8 cm³/mol. The molecule has 0 aromatic carbocycles. The van der Waals surface area contributed by atoms with Crippen molar-refractivity contribution < 1.29 is 14.3 Å². The summed E-state index contributed by atoms with van der Waals surface area (Å²) in [5, 5.41) is 4.31. The number of rotatable bonds is 3. The third-order valence-electron chi connectivity index (χ3n) is 4.93. The lowest BCUT2D eigenvalue weighted by Crippen LogP contribution is -2.52. The van der Waals surface area contributed by atoms with Gasteiger partial charge in [-0.3, -0.25) is 9.48 Å². The van der Waals surface area contributed by atoms with Crippen LogP contribution in [0.15, 0.2) is 12.3 Å². The van der Waals surface area contributed by atoms with Gasteiger partial charge in [0.1, 0.15) is 5.69 Å². The van der Waals surface area contributed by atoms with Crippen molar-refractivity contribution >= 4 is 5.91 Å². The standard InChI is InChI=1S/C16H25N3O3/c1-3-19-8-4-14(17-19)15(20)18-9-6-16(7-10-18)12-13(21-2)5-11-22-16/h4,8,13H,3,5-7,9-12H2,1-2H3. The molecular formula is C16H25N3O3. The van der Waals surface area contributed by atoms with Crippen molar-refractivity contribution in [2.75, 3.05) is 26.8 Å². The molecule has 122 valence electrons. The molecule has 2 saturated heterocycles. The van der Waals surface area contributed by atoms with E-state index in [9.17, 15) is 4.79 Å². The third kappa shape index (κ3) is 3.03. The van der Waals surface area contributed by atoms with Crippen LogP contribution >= 0.6 is 0 Å². The molecule has 1 atom stereocenters. The molecule has 6 nitrogen and oxygen atoms in total. The average molecular weight is 307 g/mol. The highest BCUT2D eigenvalue weighted by atomic mass is 16.5. The van der Waals surface area contributed by atoms with E-state index < -0.39 is 0 Å². The number of amides is 1. The molecule has 3 rings (SSSR count). The fourth-order valence-electron chi connectivity index (χ4n) is 3.46. The van der Waals surface area contributed by atoms with Gasteiger partial charge in [-0.05, 0) is 32.3 Å². The van der Waals surface area contributed by atoms with Crippen molar-refractivity contribution in [2.45, 2.75) is 50.9 Å². The first kappa shape index (κ1) is 15.5. The van der Waals surface area contributed by atoms with Crippen molar-refractivity contribution in [3.63, 3.8) is 0 Å². The lowest BCUT2D eigenvalue weighted by molar-refractivity contribution is -0.146. The number of piperidine rings is 1. The molecule has 1 amide bonds. The van der Waals surface area contributed by atoms with Crippen LogP contribution in [0.25, 0.3) is 0 Å². The van der Waals surface area contributed by atoms with Gasteiger partial charge < -0.3 is 14.4 Å². The summed E-state index contributed by atoms with van der Waals surface area (Å²) < 4.78 is 13.3. The summed E-state index contributed by atoms with van der Waals surface area (Å²) in [6, 6.07) is 1.80. The van der Waals surface area contributed by atoms with Crippen LogP contribution in [0, 0.1) is 0 Å². The molecule has 3 heterocycles. The first-order valence-corrected chi connectivity index (χ1v) is 8.15. The van der Waals surface area contributed by atoms with Crippen molar-refractivity contribution in [3.05, 3.63) is 18.0 Å². The number of carbonyl (C=O) groups is 1. The van der Waals surface area contributed by atoms with Gasteiger partial charge in [0.15, 0.2) is 0 Å². The van der Waals surface area contributed by atoms with Gasteiger partial charge in [-0.15, -0.1) is 0 Å². The van der Waals surface area contributed by atoms with E-state index in [0.29, 0.717) is 5.69 Å². The van der Waals surface area contributed by atoms with Crippen LogP contribution in [0.2, 0.25) is 0 Å². The van der Waals surface area contributed by atoms with Crippen molar-refractivity contribution in [2.24, 2.45) is 0 Å². The maximum Gasteiger partial charge on any atom is 0.274 e. The van der Waals surface area contributed by atoms with Crippen molar-refractivity contribution in [3.8, 4) is 0 Å². The maximum absolute atomic E-state index is 12.5. The zero-order valence-electron chi connectivity index (χ0n) is 13.5. The molecule has 0 saturated carbocycles. The van der Waals surface area contributed by atoms with E-state index in [-0.39, 0.29) is 17.6 Å². The van der Waals surface area contributed by atoms with Crippen LogP contribution in [-0.4, -0.2) is 59.1 Å². The van der Waals surface area contributed by atoms with Crippen molar-refractivity contribution in [1.82, 2.24) is 14.7 Å². The van der Waals surface area contributed by atoms with Gasteiger partial charge in [-0.25, -0.2) is 0 Å². The van der Waals surface area contributed by atoms with Gasteiger partial charge in [0.25, 0.3) is 5.91 Å². The Kier molecular flexibility index (Phi) is 4.49. The van der Waals surface area contributed by atoms with Gasteiger partial charge in [0.05, 0.1) is 11.7 Å². The summed E-state index contributed by atoms with van der Waals surface area (Å²) in [7, 11) is 1.77. The lowest BCUT2D eigenvalue weighted by Gasteiger charge is -2.45. The predicted octanol–water partition coefficient (Wildman–Crippen LogP) is 1.70. The minimum atomic E-state index is -0.0987. The SMILES string of the molecule is CCn1ccc(C(=O)N2CCC3(CC2)CC(OC)CCO3)n1. The number of hydrogen-bond acceptors (Lipinski definition) is 4. The highest BCUT2D eigenvalue weighted by Gasteiger charge is 2.41. The second-order valence-corrected chi connectivity index (χ2v) is 6.23. The summed E-state index contributed by atoms with van der Waals surface area (Å²) in [5.41, 5.74) is 0.440. The Morgan fingerprint density at radius 3 is 2.91 bits per heavy atom. The van der Waals surface area contributed by atoms with Crippen LogP contribution in [0.4, 0.5) is 0 Å². The van der Waals surface area contributed by atoms with Gasteiger partial charge in [0, 0.05) is 46.0 Å². The fourth-order valence-corrected chi connectivity index (χ4v) is 3.46. The van der Waals surface area contributed by atoms with Crippen molar-refractivity contribution in [1.29, 1.82) is 0 Å². The summed E-state index contributed by atoms with van der Waals surface area (Å²) in [5.74, 6) is 0.0288. The molecule has 0 N–H and O–H groups in total. The van der Waals surface area contributed by atoms with Crippen LogP contribution in [0.3, 0.4) is 0 Å². The minimum absolute atomic E-state index is 0.0288. The second-order valence-electron chi connectivity index (χ2n) is 6.23. The molecule has 1 aromatic rings. The summed E-state index contributed by atoms with van der Waals surface area (Å²) in [6.07, 6.45) is 5.81. The normalized spacial score (nSPS) is 24.6. The van der Waals surface area contributed by atoms with E-state index >= 15 is 0 Å². The maximum atomic E-state index is 12.5. The van der Waals surface area contributed by atoms with E-state index in [1.54, 1.807) is 17.9 Å². The Hall–Kier alpha value is -1.40. The molecule has 22 heavy (non-hydrogen) atoms. The highest BCUT2D eigenvalue weighted by molar-refractivity contribution is 5.92. The zero-order chi connectivity index (χ0) is 15.6. The van der Waals surface area contributed by atoms with Gasteiger partial charge in [-0.1, -0.05) is 0 Å². The summed E-state index contributed by atoms with van der Waals surface area (Å²) >= 11 is 0. The number of aryl methyl sites for hydroxylation is 1. The molecule has 2 aliphatic heterocycles. The van der Waals surface area contributed by atoms with Crippen LogP contribution < -0.4 is 0 Å². The number of nitrogens with zero attached hydrogens (tertiary/aromatic N) is 3. The van der Waals surface area contributed by atoms with Gasteiger partial charge >= 0.3 is 0 Å². The minimum Gasteiger partial charge on any atom is -0.381 e. The second kappa shape index (κ2) is 6.38. The number of ether oxygens (including phenoxy) is 2. The average Bonchev–Trinajstić information content (AvgIpc) is 3.04. The molecule has 2 aliphatic rings. The largest absolute Gasteiger partial charge is 0.381 e. The lowest BCUT2D eigenvalue weighted by atomic mass is 9.83. The molecule has 1 unspecified atom stereocenters. The fraction of sp³-hybridized carbons (Fsp3) is 0.750. The highest BCUT2D eigenvalue weighted by Crippen LogP contribution is 2.36. The molecule has 2 fully saturated rings. The van der Waals surface area contributed by atoms with Gasteiger partial charge in [-0.2, -0.15) is 5.10 Å². The number of carbonyl (C=O) groups excluding carboxylic acids is 1. The zero-order valence-corrected chi connectivity index (χ0v) is 13.5. The summed E-state index contributed by atoms with van der Waals surface area (Å²) in [4.78, 5) is 14.4. The third-order valence-corrected chi connectivity index (χ3v) is 4.93. The van der Waals surface area contributed by atoms with E-state index in [1.807, 2.05) is 18.0 Å². The van der Waals surface area contributed by atoms with E-state index in [0.717, 1.165) is 51.9 Å². The Bertz CT molecular complexity index is 520. The molecular weight excluding hydrogens is 282 g/mol.